The molecule has 2 saturated carbocycles. The van der Waals surface area contributed by atoms with Gasteiger partial charge in [0.25, 0.3) is 0 Å². The normalized spacial score (nSPS) is 22.4. The lowest BCUT2D eigenvalue weighted by atomic mass is 9.82. The van der Waals surface area contributed by atoms with Gasteiger partial charge >= 0.3 is 7.60 Å². The molecule has 1 aromatic heterocycles. The van der Waals surface area contributed by atoms with E-state index >= 15 is 0 Å². The number of nitrogens with two attached hydrogens (primary N) is 1. The van der Waals surface area contributed by atoms with Gasteiger partial charge in [-0.25, -0.2) is 0 Å². The van der Waals surface area contributed by atoms with Crippen LogP contribution in [0.5, 0.6) is 0 Å². The molecule has 1 saturated heterocycles. The number of hydrogen-bond acceptors (Lipinski definition) is 12. The predicted molar refractivity (Wildman–Crippen MR) is 184 cm³/mol. The molecule has 258 valence electrons. The van der Waals surface area contributed by atoms with Crippen molar-refractivity contribution in [2.45, 2.75) is 96.9 Å². The van der Waals surface area contributed by atoms with Crippen LogP contribution in [0.4, 0.5) is 17.8 Å². The zero-order chi connectivity index (χ0) is 31.7. The molecule has 0 unspecified atom stereocenters. The summed E-state index contributed by atoms with van der Waals surface area (Å²) in [5.74, 6) is 2.90. The number of nitrogen functional groups attached to an aromatic ring is 1. The molecule has 2 aliphatic carbocycles. The minimum absolute atomic E-state index is 0.259. The lowest BCUT2D eigenvalue weighted by molar-refractivity contribution is 0.217. The molecule has 0 atom stereocenters. The molecule has 4 rings (SSSR count). The van der Waals surface area contributed by atoms with Crippen molar-refractivity contribution in [2.24, 2.45) is 11.8 Å². The highest BCUT2D eigenvalue weighted by Gasteiger charge is 2.25. The maximum atomic E-state index is 12.8. The number of anilines is 3. The lowest BCUT2D eigenvalue weighted by Gasteiger charge is -2.29. The molecule has 0 bridgehead atoms. The van der Waals surface area contributed by atoms with Crippen LogP contribution in [0.25, 0.3) is 0 Å². The Morgan fingerprint density at radius 2 is 1.56 bits per heavy atom. The van der Waals surface area contributed by atoms with Crippen LogP contribution >= 0.6 is 7.60 Å². The van der Waals surface area contributed by atoms with E-state index in [0.29, 0.717) is 37.2 Å². The van der Waals surface area contributed by atoms with Crippen LogP contribution < -0.4 is 26.6 Å². The largest absolute Gasteiger partial charge is 0.368 e. The van der Waals surface area contributed by atoms with Gasteiger partial charge in [-0.2, -0.15) is 15.0 Å². The summed E-state index contributed by atoms with van der Waals surface area (Å²) in [7, 11) is -2.99. The quantitative estimate of drug-likeness (QED) is 0.121. The second-order valence-corrected chi connectivity index (χ2v) is 15.3. The van der Waals surface area contributed by atoms with Crippen LogP contribution in [0.1, 0.15) is 90.9 Å². The second kappa shape index (κ2) is 20.0. The number of nitrogens with zero attached hydrogens (tertiary/aromatic N) is 5. The standard InChI is InChI=1S/C32H62N9O3P/c1-3-43-45(42,44-4-2)24-10-20-40-19-9-21-41(23-22-40)32-38-30(33)37-31(39-32)36-26-28-15-13-27(14-16-28)25-34-17-8-18-35-29-11-6-5-7-12-29/h27-29,34-35H,3-26H2,1-2H3,(H3,33,36,37,38,39)/t27-,28-. The molecular formula is C32H62N9O3P. The molecule has 3 fully saturated rings. The van der Waals surface area contributed by atoms with Crippen LogP contribution in [-0.4, -0.2) is 104 Å². The summed E-state index contributed by atoms with van der Waals surface area (Å²) in [6, 6.07) is 0.765. The Bertz CT molecular complexity index is 998. The van der Waals surface area contributed by atoms with Gasteiger partial charge in [0.15, 0.2) is 0 Å². The Morgan fingerprint density at radius 3 is 2.29 bits per heavy atom. The molecule has 0 radical (unpaired) electrons. The third kappa shape index (κ3) is 13.2. The molecule has 0 aromatic carbocycles. The third-order valence-electron chi connectivity index (χ3n) is 9.59. The summed E-state index contributed by atoms with van der Waals surface area (Å²) in [5, 5.41) is 10.9. The first-order valence-electron chi connectivity index (χ1n) is 18.0. The van der Waals surface area contributed by atoms with E-state index in [1.165, 1.54) is 64.2 Å². The van der Waals surface area contributed by atoms with Crippen molar-refractivity contribution >= 4 is 25.4 Å². The van der Waals surface area contributed by atoms with E-state index in [4.69, 9.17) is 19.8 Å². The van der Waals surface area contributed by atoms with Crippen molar-refractivity contribution in [3.8, 4) is 0 Å². The Hall–Kier alpha value is -1.56. The van der Waals surface area contributed by atoms with Gasteiger partial charge in [-0.1, -0.05) is 19.3 Å². The molecule has 45 heavy (non-hydrogen) atoms. The van der Waals surface area contributed by atoms with Gasteiger partial charge in [-0.15, -0.1) is 0 Å². The zero-order valence-corrected chi connectivity index (χ0v) is 29.1. The zero-order valence-electron chi connectivity index (χ0n) is 28.2. The first-order valence-corrected chi connectivity index (χ1v) is 19.7. The van der Waals surface area contributed by atoms with Crippen molar-refractivity contribution in [1.29, 1.82) is 0 Å². The highest BCUT2D eigenvalue weighted by molar-refractivity contribution is 7.53. The van der Waals surface area contributed by atoms with Crippen LogP contribution in [0.3, 0.4) is 0 Å². The minimum Gasteiger partial charge on any atom is -0.368 e. The number of aromatic nitrogens is 3. The number of nitrogens with one attached hydrogen (secondary N) is 3. The van der Waals surface area contributed by atoms with Gasteiger partial charge in [0, 0.05) is 32.2 Å². The van der Waals surface area contributed by atoms with E-state index < -0.39 is 7.60 Å². The van der Waals surface area contributed by atoms with E-state index in [1.54, 1.807) is 0 Å². The van der Waals surface area contributed by atoms with E-state index in [-0.39, 0.29) is 5.95 Å². The highest BCUT2D eigenvalue weighted by Crippen LogP contribution is 2.48. The Morgan fingerprint density at radius 1 is 0.822 bits per heavy atom. The monoisotopic (exact) mass is 651 g/mol. The molecule has 1 aromatic rings. The van der Waals surface area contributed by atoms with E-state index in [1.807, 2.05) is 13.8 Å². The van der Waals surface area contributed by atoms with E-state index in [9.17, 15) is 4.57 Å². The Balaban J connectivity index is 1.11. The Labute approximate surface area is 272 Å². The molecule has 12 nitrogen and oxygen atoms in total. The fraction of sp³-hybridized carbons (Fsp3) is 0.906. The summed E-state index contributed by atoms with van der Waals surface area (Å²) in [4.78, 5) is 18.3. The van der Waals surface area contributed by atoms with Crippen molar-refractivity contribution < 1.29 is 13.6 Å². The fourth-order valence-electron chi connectivity index (χ4n) is 7.05. The van der Waals surface area contributed by atoms with Gasteiger partial charge < -0.3 is 40.5 Å². The van der Waals surface area contributed by atoms with Gasteiger partial charge in [0.1, 0.15) is 0 Å². The molecule has 3 aliphatic rings. The summed E-state index contributed by atoms with van der Waals surface area (Å²) < 4.78 is 23.7. The maximum Gasteiger partial charge on any atom is 0.330 e. The summed E-state index contributed by atoms with van der Waals surface area (Å²) >= 11 is 0. The van der Waals surface area contributed by atoms with Crippen LogP contribution in [0, 0.1) is 11.8 Å². The molecule has 0 spiro atoms. The van der Waals surface area contributed by atoms with E-state index in [0.717, 1.165) is 83.7 Å². The van der Waals surface area contributed by atoms with E-state index in [2.05, 4.69) is 35.7 Å². The topological polar surface area (TPSA) is 143 Å². The van der Waals surface area contributed by atoms with Crippen LogP contribution in [-0.2, 0) is 13.6 Å². The van der Waals surface area contributed by atoms with Crippen LogP contribution in [0.2, 0.25) is 0 Å². The fourth-order valence-corrected chi connectivity index (χ4v) is 8.70. The van der Waals surface area contributed by atoms with Crippen LogP contribution in [0.15, 0.2) is 0 Å². The minimum atomic E-state index is -2.99. The predicted octanol–water partition coefficient (Wildman–Crippen LogP) is 4.74. The highest BCUT2D eigenvalue weighted by atomic mass is 31.2. The molecule has 5 N–H and O–H groups in total. The summed E-state index contributed by atoms with van der Waals surface area (Å²) in [5.41, 5.74) is 6.13. The van der Waals surface area contributed by atoms with Crippen molar-refractivity contribution in [1.82, 2.24) is 30.5 Å². The second-order valence-electron chi connectivity index (χ2n) is 13.1. The first kappa shape index (κ1) is 36.3. The molecular weight excluding hydrogens is 589 g/mol. The van der Waals surface area contributed by atoms with Crippen molar-refractivity contribution in [3.05, 3.63) is 0 Å². The molecule has 1 aliphatic heterocycles. The van der Waals surface area contributed by atoms with Gasteiger partial charge in [-0.3, -0.25) is 4.57 Å². The number of hydrogen-bond donors (Lipinski definition) is 4. The van der Waals surface area contributed by atoms with Crippen molar-refractivity contribution in [3.63, 3.8) is 0 Å². The maximum absolute atomic E-state index is 12.8. The summed E-state index contributed by atoms with van der Waals surface area (Å²) in [6.07, 6.45) is 15.4. The molecule has 13 heteroatoms. The smallest absolute Gasteiger partial charge is 0.330 e. The molecule has 2 heterocycles. The van der Waals surface area contributed by atoms with Gasteiger partial charge in [0.05, 0.1) is 19.4 Å². The first-order chi connectivity index (χ1) is 22.0. The number of rotatable bonds is 19. The third-order valence-corrected chi connectivity index (χ3v) is 11.8. The van der Waals surface area contributed by atoms with Gasteiger partial charge in [0.2, 0.25) is 17.8 Å². The average Bonchev–Trinajstić information content (AvgIpc) is 3.28. The Kier molecular flexibility index (Phi) is 16.1. The average molecular weight is 652 g/mol. The summed E-state index contributed by atoms with van der Waals surface area (Å²) in [6.45, 7) is 13.2. The lowest BCUT2D eigenvalue weighted by Crippen LogP contribution is -2.34. The SMILES string of the molecule is CCOP(=O)(CCCN1CCCN(c2nc(N)nc(NC[C@H]3CC[C@H](CNCCCNC4CCCCC4)CC3)n2)CC1)OCC. The van der Waals surface area contributed by atoms with Gasteiger partial charge in [-0.05, 0) is 116 Å². The molecule has 0 amide bonds. The van der Waals surface area contributed by atoms with Crippen molar-refractivity contribution in [2.75, 3.05) is 94.2 Å².